The number of hydrogen-bond acceptors (Lipinski definition) is 6. The van der Waals surface area contributed by atoms with Crippen LogP contribution in [0.25, 0.3) is 0 Å². The van der Waals surface area contributed by atoms with Crippen LogP contribution in [0.3, 0.4) is 0 Å². The zero-order valence-corrected chi connectivity index (χ0v) is 16.7. The number of ether oxygens (including phenoxy) is 2. The Morgan fingerprint density at radius 2 is 1.78 bits per heavy atom. The van der Waals surface area contributed by atoms with E-state index < -0.39 is 16.5 Å². The van der Waals surface area contributed by atoms with Crippen molar-refractivity contribution in [2.24, 2.45) is 5.92 Å². The maximum Gasteiger partial charge on any atom is 0.394 e. The summed E-state index contributed by atoms with van der Waals surface area (Å²) in [4.78, 5) is 0. The number of aliphatic hydroxyl groups is 1. The average Bonchev–Trinajstić information content (AvgIpc) is 3.39. The molecular weight excluding hydrogens is 374 g/mol. The zero-order valence-electron chi connectivity index (χ0n) is 15.9. The van der Waals surface area contributed by atoms with E-state index in [0.29, 0.717) is 19.2 Å². The van der Waals surface area contributed by atoms with Gasteiger partial charge in [-0.15, -0.1) is 0 Å². The van der Waals surface area contributed by atoms with E-state index >= 15 is 0 Å². The molecule has 1 aromatic carbocycles. The first kappa shape index (κ1) is 23.8. The summed E-state index contributed by atoms with van der Waals surface area (Å²) in [5.74, 6) is 1.62. The first-order valence-corrected chi connectivity index (χ1v) is 10.4. The second kappa shape index (κ2) is 12.3. The Labute approximate surface area is 161 Å². The lowest BCUT2D eigenvalue weighted by molar-refractivity contribution is 0.104. The Kier molecular flexibility index (Phi) is 10.8. The quantitative estimate of drug-likeness (QED) is 0.324. The van der Waals surface area contributed by atoms with Crippen molar-refractivity contribution in [3.05, 3.63) is 29.8 Å². The van der Waals surface area contributed by atoms with E-state index in [4.69, 9.17) is 27.0 Å². The van der Waals surface area contributed by atoms with Gasteiger partial charge in [0.15, 0.2) is 0 Å². The summed E-state index contributed by atoms with van der Waals surface area (Å²) in [6.07, 6.45) is 3.13. The molecule has 1 fully saturated rings. The third kappa shape index (κ3) is 15.5. The summed E-state index contributed by atoms with van der Waals surface area (Å²) in [6, 6.07) is 8.41. The van der Waals surface area contributed by atoms with Gasteiger partial charge in [-0.05, 0) is 42.9 Å². The summed E-state index contributed by atoms with van der Waals surface area (Å²) in [5, 5.41) is 13.0. The van der Waals surface area contributed by atoms with Crippen molar-refractivity contribution >= 4 is 10.4 Å². The Morgan fingerprint density at radius 1 is 1.19 bits per heavy atom. The van der Waals surface area contributed by atoms with Crippen LogP contribution in [0.2, 0.25) is 0 Å². The molecule has 9 heteroatoms. The van der Waals surface area contributed by atoms with Gasteiger partial charge in [-0.1, -0.05) is 26.0 Å². The number of nitrogens with one attached hydrogen (secondary N) is 1. The second-order valence-corrected chi connectivity index (χ2v) is 7.78. The lowest BCUT2D eigenvalue weighted by atomic mass is 10.1. The lowest BCUT2D eigenvalue weighted by Gasteiger charge is -2.15. The van der Waals surface area contributed by atoms with Gasteiger partial charge in [0.1, 0.15) is 18.5 Å². The molecule has 0 spiro atoms. The highest BCUT2D eigenvalue weighted by Gasteiger charge is 2.20. The van der Waals surface area contributed by atoms with E-state index in [1.165, 1.54) is 18.4 Å². The molecule has 0 aliphatic heterocycles. The van der Waals surface area contributed by atoms with Gasteiger partial charge in [-0.3, -0.25) is 9.11 Å². The van der Waals surface area contributed by atoms with E-state index in [-0.39, 0.29) is 0 Å². The van der Waals surface area contributed by atoms with Gasteiger partial charge in [-0.2, -0.15) is 8.42 Å². The third-order valence-electron chi connectivity index (χ3n) is 3.71. The van der Waals surface area contributed by atoms with Crippen molar-refractivity contribution in [1.29, 1.82) is 0 Å². The van der Waals surface area contributed by atoms with Crippen LogP contribution in [-0.4, -0.2) is 61.1 Å². The fourth-order valence-corrected chi connectivity index (χ4v) is 2.10. The predicted octanol–water partition coefficient (Wildman–Crippen LogP) is 1.74. The molecule has 0 amide bonds. The van der Waals surface area contributed by atoms with Crippen LogP contribution in [0.15, 0.2) is 24.3 Å². The van der Waals surface area contributed by atoms with Crippen molar-refractivity contribution in [1.82, 2.24) is 5.32 Å². The van der Waals surface area contributed by atoms with Gasteiger partial charge in [0.25, 0.3) is 0 Å². The van der Waals surface area contributed by atoms with Crippen molar-refractivity contribution in [2.75, 3.05) is 26.4 Å². The monoisotopic (exact) mass is 405 g/mol. The highest BCUT2D eigenvalue weighted by Crippen LogP contribution is 2.28. The molecule has 27 heavy (non-hydrogen) atoms. The van der Waals surface area contributed by atoms with Gasteiger partial charge in [0.2, 0.25) is 0 Å². The third-order valence-corrected chi connectivity index (χ3v) is 3.71. The Hall–Kier alpha value is -1.23. The normalized spacial score (nSPS) is 15.2. The van der Waals surface area contributed by atoms with Gasteiger partial charge < -0.3 is 19.9 Å². The first-order valence-electron chi connectivity index (χ1n) is 9.04. The Balaban J connectivity index is 0.000000646. The molecule has 2 rings (SSSR count). The SMILES string of the molecule is CC(C)NCC(O)COc1ccc(CCOCC2CC2)cc1.O=S(=O)(O)O. The van der Waals surface area contributed by atoms with Crippen molar-refractivity contribution < 1.29 is 32.1 Å². The summed E-state index contributed by atoms with van der Waals surface area (Å²) in [7, 11) is -4.67. The molecule has 1 saturated carbocycles. The minimum Gasteiger partial charge on any atom is -0.491 e. The van der Waals surface area contributed by atoms with E-state index in [1.807, 2.05) is 12.1 Å². The zero-order chi connectivity index (χ0) is 20.3. The summed E-state index contributed by atoms with van der Waals surface area (Å²) in [6.45, 7) is 6.68. The fraction of sp³-hybridized carbons (Fsp3) is 0.667. The van der Waals surface area contributed by atoms with Crippen LogP contribution in [0.1, 0.15) is 32.3 Å². The van der Waals surface area contributed by atoms with Gasteiger partial charge >= 0.3 is 10.4 Å². The molecule has 4 N–H and O–H groups in total. The van der Waals surface area contributed by atoms with E-state index in [9.17, 15) is 5.11 Å². The van der Waals surface area contributed by atoms with Crippen LogP contribution in [0.5, 0.6) is 5.75 Å². The molecular formula is C18H31NO7S. The van der Waals surface area contributed by atoms with E-state index in [0.717, 1.165) is 31.3 Å². The molecule has 1 unspecified atom stereocenters. The molecule has 1 aliphatic rings. The van der Waals surface area contributed by atoms with E-state index in [1.54, 1.807) is 0 Å². The van der Waals surface area contributed by atoms with Crippen LogP contribution < -0.4 is 10.1 Å². The molecule has 1 aliphatic carbocycles. The van der Waals surface area contributed by atoms with Gasteiger partial charge in [-0.25, -0.2) is 0 Å². The molecule has 1 atom stereocenters. The Bertz CT molecular complexity index is 607. The fourth-order valence-electron chi connectivity index (χ4n) is 2.10. The number of rotatable bonds is 11. The molecule has 0 saturated heterocycles. The highest BCUT2D eigenvalue weighted by atomic mass is 32.3. The smallest absolute Gasteiger partial charge is 0.394 e. The predicted molar refractivity (Wildman–Crippen MR) is 103 cm³/mol. The van der Waals surface area contributed by atoms with Crippen LogP contribution >= 0.6 is 0 Å². The lowest BCUT2D eigenvalue weighted by Crippen LogP contribution is -2.35. The largest absolute Gasteiger partial charge is 0.491 e. The van der Waals surface area contributed by atoms with Crippen LogP contribution in [0, 0.1) is 5.92 Å². The van der Waals surface area contributed by atoms with E-state index in [2.05, 4.69) is 31.3 Å². The van der Waals surface area contributed by atoms with Crippen molar-refractivity contribution in [3.8, 4) is 5.75 Å². The second-order valence-electron chi connectivity index (χ2n) is 6.89. The minimum absolute atomic E-state index is 0.309. The van der Waals surface area contributed by atoms with Crippen molar-refractivity contribution in [2.45, 2.75) is 45.3 Å². The molecule has 8 nitrogen and oxygen atoms in total. The highest BCUT2D eigenvalue weighted by molar-refractivity contribution is 7.79. The molecule has 0 radical (unpaired) electrons. The van der Waals surface area contributed by atoms with Crippen LogP contribution in [0.4, 0.5) is 0 Å². The molecule has 0 aromatic heterocycles. The van der Waals surface area contributed by atoms with Gasteiger partial charge in [0, 0.05) is 19.2 Å². The molecule has 0 bridgehead atoms. The first-order chi connectivity index (χ1) is 12.6. The van der Waals surface area contributed by atoms with Gasteiger partial charge in [0.05, 0.1) is 6.61 Å². The molecule has 0 heterocycles. The minimum atomic E-state index is -4.67. The number of aliphatic hydroxyl groups excluding tert-OH is 1. The van der Waals surface area contributed by atoms with Crippen LogP contribution in [-0.2, 0) is 21.6 Å². The topological polar surface area (TPSA) is 125 Å². The van der Waals surface area contributed by atoms with Crippen molar-refractivity contribution in [3.63, 3.8) is 0 Å². The summed E-state index contributed by atoms with van der Waals surface area (Å²) < 4.78 is 42.8. The summed E-state index contributed by atoms with van der Waals surface area (Å²) in [5.41, 5.74) is 1.25. The maximum atomic E-state index is 9.80. The summed E-state index contributed by atoms with van der Waals surface area (Å²) >= 11 is 0. The molecule has 156 valence electrons. The number of hydrogen-bond donors (Lipinski definition) is 4. The Morgan fingerprint density at radius 3 is 2.30 bits per heavy atom. The average molecular weight is 406 g/mol. The maximum absolute atomic E-state index is 9.80. The number of benzene rings is 1. The standard InChI is InChI=1S/C18H29NO3.H2O4S/c1-14(2)19-11-17(20)13-22-18-7-5-15(6-8-18)9-10-21-12-16-3-4-16;1-5(2,3)4/h5-8,14,16-17,19-20H,3-4,9-13H2,1-2H3;(H2,1,2,3,4). The molecule has 1 aromatic rings.